The van der Waals surface area contributed by atoms with E-state index in [1.54, 1.807) is 0 Å². The molecule has 1 aliphatic rings. The number of carbonyl (C=O) groups excluding carboxylic acids is 1. The van der Waals surface area contributed by atoms with Crippen LogP contribution in [0.3, 0.4) is 0 Å². The summed E-state index contributed by atoms with van der Waals surface area (Å²) in [5.74, 6) is 7.05. The smallest absolute Gasteiger partial charge is 0.253 e. The average Bonchev–Trinajstić information content (AvgIpc) is 2.43. The van der Waals surface area contributed by atoms with Crippen molar-refractivity contribution in [2.24, 2.45) is 17.6 Å². The zero-order valence-corrected chi connectivity index (χ0v) is 12.2. The van der Waals surface area contributed by atoms with Crippen LogP contribution in [-0.4, -0.2) is 30.4 Å². The first-order valence-corrected chi connectivity index (χ1v) is 7.18. The van der Waals surface area contributed by atoms with Crippen LogP contribution < -0.4 is 5.73 Å². The highest BCUT2D eigenvalue weighted by atomic mass is 16.2. The summed E-state index contributed by atoms with van der Waals surface area (Å²) in [5.41, 5.74) is 6.94. The molecule has 0 bridgehead atoms. The Kier molecular flexibility index (Phi) is 4.81. The molecule has 2 unspecified atom stereocenters. The Bertz CT molecular complexity index is 531. The maximum Gasteiger partial charge on any atom is 0.253 e. The molecule has 1 amide bonds. The first-order chi connectivity index (χ1) is 9.60. The van der Waals surface area contributed by atoms with Gasteiger partial charge in [-0.3, -0.25) is 4.79 Å². The average molecular weight is 270 g/mol. The molecule has 0 aliphatic carbocycles. The van der Waals surface area contributed by atoms with Crippen LogP contribution in [0.25, 0.3) is 0 Å². The molecule has 20 heavy (non-hydrogen) atoms. The second-order valence-electron chi connectivity index (χ2n) is 5.74. The quantitative estimate of drug-likeness (QED) is 0.795. The highest BCUT2D eigenvalue weighted by molar-refractivity contribution is 5.94. The number of rotatable bonds is 1. The van der Waals surface area contributed by atoms with E-state index in [1.165, 1.54) is 6.42 Å². The highest BCUT2D eigenvalue weighted by Crippen LogP contribution is 2.22. The molecule has 0 aromatic heterocycles. The Balaban J connectivity index is 2.16. The van der Waals surface area contributed by atoms with E-state index >= 15 is 0 Å². The van der Waals surface area contributed by atoms with Gasteiger partial charge in [0.05, 0.1) is 6.54 Å². The summed E-state index contributed by atoms with van der Waals surface area (Å²) in [6, 6.07) is 7.50. The SMILES string of the molecule is CC1CC(C)CN(C(=O)c2cccc(C#CCN)c2)C1. The maximum absolute atomic E-state index is 12.6. The molecule has 3 heteroatoms. The van der Waals surface area contributed by atoms with Crippen molar-refractivity contribution in [3.63, 3.8) is 0 Å². The molecule has 2 rings (SSSR count). The van der Waals surface area contributed by atoms with Crippen molar-refractivity contribution < 1.29 is 4.79 Å². The normalized spacial score (nSPS) is 22.1. The lowest BCUT2D eigenvalue weighted by Gasteiger charge is -2.35. The van der Waals surface area contributed by atoms with E-state index in [-0.39, 0.29) is 5.91 Å². The number of amides is 1. The molecule has 0 saturated carbocycles. The Labute approximate surface area is 121 Å². The third-order valence-electron chi connectivity index (χ3n) is 3.60. The lowest BCUT2D eigenvalue weighted by Crippen LogP contribution is -2.42. The van der Waals surface area contributed by atoms with E-state index < -0.39 is 0 Å². The number of benzene rings is 1. The van der Waals surface area contributed by atoms with Crippen LogP contribution in [0.4, 0.5) is 0 Å². The van der Waals surface area contributed by atoms with E-state index in [4.69, 9.17) is 5.73 Å². The largest absolute Gasteiger partial charge is 0.338 e. The first-order valence-electron chi connectivity index (χ1n) is 7.18. The number of nitrogens with zero attached hydrogens (tertiary/aromatic N) is 1. The number of nitrogens with two attached hydrogens (primary N) is 1. The molecule has 1 heterocycles. The molecule has 0 spiro atoms. The van der Waals surface area contributed by atoms with Crippen molar-refractivity contribution >= 4 is 5.91 Å². The van der Waals surface area contributed by atoms with Crippen LogP contribution in [0, 0.1) is 23.7 Å². The van der Waals surface area contributed by atoms with Gasteiger partial charge < -0.3 is 10.6 Å². The molecule has 2 atom stereocenters. The minimum absolute atomic E-state index is 0.111. The summed E-state index contributed by atoms with van der Waals surface area (Å²) >= 11 is 0. The van der Waals surface area contributed by atoms with Crippen molar-refractivity contribution in [3.8, 4) is 11.8 Å². The summed E-state index contributed by atoms with van der Waals surface area (Å²) in [5, 5.41) is 0. The summed E-state index contributed by atoms with van der Waals surface area (Å²) in [7, 11) is 0. The van der Waals surface area contributed by atoms with Crippen LogP contribution >= 0.6 is 0 Å². The lowest BCUT2D eigenvalue weighted by molar-refractivity contribution is 0.0623. The third-order valence-corrected chi connectivity index (χ3v) is 3.60. The van der Waals surface area contributed by atoms with Gasteiger partial charge in [0, 0.05) is 24.2 Å². The number of hydrogen-bond acceptors (Lipinski definition) is 2. The van der Waals surface area contributed by atoms with E-state index in [0.717, 1.165) is 24.2 Å². The summed E-state index contributed by atoms with van der Waals surface area (Å²) < 4.78 is 0. The second-order valence-corrected chi connectivity index (χ2v) is 5.74. The minimum atomic E-state index is 0.111. The maximum atomic E-state index is 12.6. The molecular formula is C17H22N2O. The molecule has 1 saturated heterocycles. The Morgan fingerprint density at radius 2 is 2.05 bits per heavy atom. The fraction of sp³-hybridized carbons (Fsp3) is 0.471. The molecule has 2 N–H and O–H groups in total. The van der Waals surface area contributed by atoms with Crippen LogP contribution in [0.1, 0.15) is 36.2 Å². The first kappa shape index (κ1) is 14.6. The van der Waals surface area contributed by atoms with Gasteiger partial charge in [-0.1, -0.05) is 31.8 Å². The van der Waals surface area contributed by atoms with Gasteiger partial charge in [0.15, 0.2) is 0 Å². The van der Waals surface area contributed by atoms with Gasteiger partial charge in [0.25, 0.3) is 5.91 Å². The van der Waals surface area contributed by atoms with Crippen molar-refractivity contribution in [1.29, 1.82) is 0 Å². The fourth-order valence-electron chi connectivity index (χ4n) is 2.89. The second kappa shape index (κ2) is 6.58. The summed E-state index contributed by atoms with van der Waals surface area (Å²) in [6.07, 6.45) is 1.20. The zero-order valence-electron chi connectivity index (χ0n) is 12.2. The molecule has 1 aliphatic heterocycles. The Morgan fingerprint density at radius 1 is 1.35 bits per heavy atom. The molecule has 1 aromatic carbocycles. The number of hydrogen-bond donors (Lipinski definition) is 1. The summed E-state index contributed by atoms with van der Waals surface area (Å²) in [4.78, 5) is 14.5. The van der Waals surface area contributed by atoms with Crippen LogP contribution in [0.5, 0.6) is 0 Å². The zero-order chi connectivity index (χ0) is 14.5. The van der Waals surface area contributed by atoms with E-state index in [2.05, 4.69) is 25.7 Å². The number of likely N-dealkylation sites (tertiary alicyclic amines) is 1. The van der Waals surface area contributed by atoms with Crippen LogP contribution in [-0.2, 0) is 0 Å². The predicted octanol–water partition coefficient (Wildman–Crippen LogP) is 2.11. The van der Waals surface area contributed by atoms with E-state index in [1.807, 2.05) is 29.2 Å². The van der Waals surface area contributed by atoms with Gasteiger partial charge in [-0.15, -0.1) is 0 Å². The van der Waals surface area contributed by atoms with Crippen LogP contribution in [0.2, 0.25) is 0 Å². The van der Waals surface area contributed by atoms with Gasteiger partial charge >= 0.3 is 0 Å². The van der Waals surface area contributed by atoms with Gasteiger partial charge in [-0.25, -0.2) is 0 Å². The van der Waals surface area contributed by atoms with Gasteiger partial charge in [0.2, 0.25) is 0 Å². The Hall–Kier alpha value is -1.79. The predicted molar refractivity (Wildman–Crippen MR) is 81.2 cm³/mol. The number of carbonyl (C=O) groups is 1. The fourth-order valence-corrected chi connectivity index (χ4v) is 2.89. The standard InChI is InChI=1S/C17H22N2O/c1-13-9-14(2)12-19(11-13)17(20)16-7-3-5-15(10-16)6-4-8-18/h3,5,7,10,13-14H,8-9,11-12,18H2,1-2H3. The Morgan fingerprint density at radius 3 is 2.70 bits per heavy atom. The van der Waals surface area contributed by atoms with Crippen molar-refractivity contribution in [2.45, 2.75) is 20.3 Å². The molecular weight excluding hydrogens is 248 g/mol. The molecule has 1 fully saturated rings. The van der Waals surface area contributed by atoms with Crippen LogP contribution in [0.15, 0.2) is 24.3 Å². The van der Waals surface area contributed by atoms with Crippen molar-refractivity contribution in [1.82, 2.24) is 4.90 Å². The molecule has 106 valence electrons. The van der Waals surface area contributed by atoms with Crippen molar-refractivity contribution in [2.75, 3.05) is 19.6 Å². The lowest BCUT2D eigenvalue weighted by atomic mass is 9.91. The molecule has 0 radical (unpaired) electrons. The third kappa shape index (κ3) is 3.61. The summed E-state index contributed by atoms with van der Waals surface area (Å²) in [6.45, 7) is 6.45. The molecule has 1 aromatic rings. The number of piperidine rings is 1. The van der Waals surface area contributed by atoms with E-state index in [9.17, 15) is 4.79 Å². The van der Waals surface area contributed by atoms with Gasteiger partial charge in [-0.05, 0) is 36.5 Å². The van der Waals surface area contributed by atoms with E-state index in [0.29, 0.717) is 18.4 Å². The van der Waals surface area contributed by atoms with Gasteiger partial charge in [-0.2, -0.15) is 0 Å². The highest BCUT2D eigenvalue weighted by Gasteiger charge is 2.26. The molecule has 3 nitrogen and oxygen atoms in total. The van der Waals surface area contributed by atoms with Gasteiger partial charge in [0.1, 0.15) is 0 Å². The minimum Gasteiger partial charge on any atom is -0.338 e. The monoisotopic (exact) mass is 270 g/mol. The topological polar surface area (TPSA) is 46.3 Å². The van der Waals surface area contributed by atoms with Crippen molar-refractivity contribution in [3.05, 3.63) is 35.4 Å².